The van der Waals surface area contributed by atoms with E-state index in [0.29, 0.717) is 17.5 Å². The first-order chi connectivity index (χ1) is 10.2. The van der Waals surface area contributed by atoms with E-state index in [1.54, 1.807) is 0 Å². The van der Waals surface area contributed by atoms with Crippen molar-refractivity contribution in [1.82, 2.24) is 24.9 Å². The van der Waals surface area contributed by atoms with E-state index in [1.807, 2.05) is 13.0 Å². The quantitative estimate of drug-likeness (QED) is 0.847. The fourth-order valence-corrected chi connectivity index (χ4v) is 2.99. The molecule has 0 saturated carbocycles. The molecule has 1 atom stereocenters. The van der Waals surface area contributed by atoms with Gasteiger partial charge >= 0.3 is 5.69 Å². The van der Waals surface area contributed by atoms with E-state index in [9.17, 15) is 4.79 Å². The predicted molar refractivity (Wildman–Crippen MR) is 81.9 cm³/mol. The summed E-state index contributed by atoms with van der Waals surface area (Å²) in [5.41, 5.74) is 0.393. The van der Waals surface area contributed by atoms with Gasteiger partial charge in [0, 0.05) is 25.2 Å². The molecule has 21 heavy (non-hydrogen) atoms. The zero-order valence-electron chi connectivity index (χ0n) is 12.6. The molecular weight excluding hydrogens is 268 g/mol. The lowest BCUT2D eigenvalue weighted by atomic mass is 10.2. The molecule has 7 heteroatoms. The Balaban J connectivity index is 1.92. The third-order valence-electron chi connectivity index (χ3n) is 3.98. The summed E-state index contributed by atoms with van der Waals surface area (Å²) in [5, 5.41) is 10.1. The second-order valence-electron chi connectivity index (χ2n) is 5.62. The molecule has 2 aromatic heterocycles. The molecule has 0 radical (unpaired) electrons. The van der Waals surface area contributed by atoms with Gasteiger partial charge in [-0.15, -0.1) is 0 Å². The minimum atomic E-state index is -0.235. The maximum atomic E-state index is 11.7. The Bertz CT molecular complexity index is 670. The standard InChI is InChI=1S/C14H22N6O/c1-3-7-19(9-11-5-4-6-15-11)12-8-13-17-18-14(21)20(13)10(2)16-12/h8,11,15H,3-7,9H2,1-2H3,(H,18,21). The molecule has 1 saturated heterocycles. The van der Waals surface area contributed by atoms with Gasteiger partial charge in [-0.25, -0.2) is 19.3 Å². The molecule has 3 heterocycles. The Morgan fingerprint density at radius 3 is 3.10 bits per heavy atom. The Kier molecular flexibility index (Phi) is 3.92. The zero-order chi connectivity index (χ0) is 14.8. The van der Waals surface area contributed by atoms with E-state index < -0.39 is 0 Å². The second-order valence-corrected chi connectivity index (χ2v) is 5.62. The van der Waals surface area contributed by atoms with Crippen LogP contribution in [-0.4, -0.2) is 45.3 Å². The summed E-state index contributed by atoms with van der Waals surface area (Å²) in [6.07, 6.45) is 3.51. The van der Waals surface area contributed by atoms with Gasteiger partial charge in [-0.1, -0.05) is 6.92 Å². The van der Waals surface area contributed by atoms with Crippen molar-refractivity contribution in [1.29, 1.82) is 0 Å². The van der Waals surface area contributed by atoms with Gasteiger partial charge in [0.25, 0.3) is 0 Å². The molecule has 0 aromatic carbocycles. The minimum absolute atomic E-state index is 0.235. The number of aromatic amines is 1. The van der Waals surface area contributed by atoms with Gasteiger partial charge in [-0.05, 0) is 32.7 Å². The topological polar surface area (TPSA) is 78.3 Å². The van der Waals surface area contributed by atoms with Crippen LogP contribution in [0.3, 0.4) is 0 Å². The largest absolute Gasteiger partial charge is 0.355 e. The number of hydrogen-bond donors (Lipinski definition) is 2. The molecule has 0 bridgehead atoms. The summed E-state index contributed by atoms with van der Waals surface area (Å²) >= 11 is 0. The number of H-pyrrole nitrogens is 1. The zero-order valence-corrected chi connectivity index (χ0v) is 12.6. The molecule has 2 aromatic rings. The smallest absolute Gasteiger partial charge is 0.349 e. The molecule has 1 unspecified atom stereocenters. The average molecular weight is 290 g/mol. The number of hydrogen-bond acceptors (Lipinski definition) is 5. The van der Waals surface area contributed by atoms with Gasteiger partial charge in [-0.2, -0.15) is 5.10 Å². The highest BCUT2D eigenvalue weighted by atomic mass is 16.1. The van der Waals surface area contributed by atoms with Crippen LogP contribution in [0, 0.1) is 6.92 Å². The minimum Gasteiger partial charge on any atom is -0.355 e. The SMILES string of the molecule is CCCN(CC1CCCN1)c1cc2n[nH]c(=O)n2c(C)n1. The van der Waals surface area contributed by atoms with Crippen molar-refractivity contribution in [3.63, 3.8) is 0 Å². The number of aryl methyl sites for hydroxylation is 1. The fraction of sp³-hybridized carbons (Fsp3) is 0.643. The normalized spacial score (nSPS) is 18.5. The Hall–Kier alpha value is -1.89. The lowest BCUT2D eigenvalue weighted by Crippen LogP contribution is -2.38. The molecule has 2 N–H and O–H groups in total. The van der Waals surface area contributed by atoms with E-state index in [4.69, 9.17) is 0 Å². The van der Waals surface area contributed by atoms with Gasteiger partial charge in [0.2, 0.25) is 0 Å². The molecule has 3 rings (SSSR count). The number of nitrogens with one attached hydrogen (secondary N) is 2. The number of rotatable bonds is 5. The average Bonchev–Trinajstić information content (AvgIpc) is 3.08. The first-order valence-corrected chi connectivity index (χ1v) is 7.62. The van der Waals surface area contributed by atoms with E-state index in [2.05, 4.69) is 32.3 Å². The molecule has 1 aliphatic heterocycles. The first kappa shape index (κ1) is 14.1. The monoisotopic (exact) mass is 290 g/mol. The highest BCUT2D eigenvalue weighted by Crippen LogP contribution is 2.17. The highest BCUT2D eigenvalue weighted by Gasteiger charge is 2.19. The Morgan fingerprint density at radius 2 is 2.38 bits per heavy atom. The van der Waals surface area contributed by atoms with Crippen molar-refractivity contribution in [3.8, 4) is 0 Å². The van der Waals surface area contributed by atoms with Crippen LogP contribution >= 0.6 is 0 Å². The van der Waals surface area contributed by atoms with Crippen LogP contribution in [0.2, 0.25) is 0 Å². The molecule has 7 nitrogen and oxygen atoms in total. The lowest BCUT2D eigenvalue weighted by Gasteiger charge is -2.26. The highest BCUT2D eigenvalue weighted by molar-refractivity contribution is 5.51. The number of aromatic nitrogens is 4. The fourth-order valence-electron chi connectivity index (χ4n) is 2.99. The van der Waals surface area contributed by atoms with E-state index in [1.165, 1.54) is 17.2 Å². The van der Waals surface area contributed by atoms with E-state index in [-0.39, 0.29) is 5.69 Å². The third kappa shape index (κ3) is 2.78. The molecule has 0 amide bonds. The number of fused-ring (bicyclic) bond motifs is 1. The predicted octanol–water partition coefficient (Wildman–Crippen LogP) is 0.694. The van der Waals surface area contributed by atoms with Crippen LogP contribution in [0.25, 0.3) is 5.65 Å². The van der Waals surface area contributed by atoms with E-state index in [0.717, 1.165) is 31.9 Å². The molecule has 1 fully saturated rings. The Morgan fingerprint density at radius 1 is 1.52 bits per heavy atom. The van der Waals surface area contributed by atoms with Crippen molar-refractivity contribution < 1.29 is 0 Å². The Labute approximate surface area is 123 Å². The number of anilines is 1. The summed E-state index contributed by atoms with van der Waals surface area (Å²) < 4.78 is 1.50. The summed E-state index contributed by atoms with van der Waals surface area (Å²) in [5.74, 6) is 1.57. The first-order valence-electron chi connectivity index (χ1n) is 7.62. The molecular formula is C14H22N6O. The summed E-state index contributed by atoms with van der Waals surface area (Å²) in [4.78, 5) is 18.5. The summed E-state index contributed by atoms with van der Waals surface area (Å²) in [6, 6.07) is 2.41. The maximum absolute atomic E-state index is 11.7. The van der Waals surface area contributed by atoms with Crippen molar-refractivity contribution in [2.45, 2.75) is 39.2 Å². The van der Waals surface area contributed by atoms with Crippen molar-refractivity contribution >= 4 is 11.5 Å². The van der Waals surface area contributed by atoms with E-state index >= 15 is 0 Å². The molecule has 1 aliphatic rings. The van der Waals surface area contributed by atoms with Crippen LogP contribution in [0.4, 0.5) is 5.82 Å². The second kappa shape index (κ2) is 5.85. The third-order valence-corrected chi connectivity index (χ3v) is 3.98. The van der Waals surface area contributed by atoms with Crippen molar-refractivity contribution in [2.75, 3.05) is 24.5 Å². The van der Waals surface area contributed by atoms with Crippen LogP contribution in [0.1, 0.15) is 32.0 Å². The van der Waals surface area contributed by atoms with Gasteiger partial charge in [0.05, 0.1) is 0 Å². The van der Waals surface area contributed by atoms with Gasteiger partial charge in [0.15, 0.2) is 5.65 Å². The van der Waals surface area contributed by atoms with Crippen molar-refractivity contribution in [2.24, 2.45) is 0 Å². The molecule has 0 spiro atoms. The van der Waals surface area contributed by atoms with Gasteiger partial charge < -0.3 is 10.2 Å². The molecule has 114 valence electrons. The number of nitrogens with zero attached hydrogens (tertiary/aromatic N) is 4. The van der Waals surface area contributed by atoms with Crippen LogP contribution < -0.4 is 15.9 Å². The molecule has 0 aliphatic carbocycles. The summed E-state index contributed by atoms with van der Waals surface area (Å²) in [7, 11) is 0. The lowest BCUT2D eigenvalue weighted by molar-refractivity contribution is 0.574. The summed E-state index contributed by atoms with van der Waals surface area (Å²) in [6.45, 7) is 7.01. The maximum Gasteiger partial charge on any atom is 0.349 e. The van der Waals surface area contributed by atoms with Crippen LogP contribution in [0.5, 0.6) is 0 Å². The van der Waals surface area contributed by atoms with Gasteiger partial charge in [0.1, 0.15) is 11.6 Å². The van der Waals surface area contributed by atoms with Crippen LogP contribution in [-0.2, 0) is 0 Å². The van der Waals surface area contributed by atoms with Gasteiger partial charge in [-0.3, -0.25) is 0 Å². The van der Waals surface area contributed by atoms with Crippen molar-refractivity contribution in [3.05, 3.63) is 22.4 Å². The van der Waals surface area contributed by atoms with Crippen LogP contribution in [0.15, 0.2) is 10.9 Å².